The fraction of sp³-hybridized carbons (Fsp3) is 0.667. The molecule has 0 aliphatic heterocycles. The monoisotopic (exact) mass is 293 g/mol. The van der Waals surface area contributed by atoms with Gasteiger partial charge in [0.15, 0.2) is 0 Å². The summed E-state index contributed by atoms with van der Waals surface area (Å²) in [7, 11) is 0. The van der Waals surface area contributed by atoms with E-state index < -0.39 is 0 Å². The first-order chi connectivity index (χ1) is 9.91. The van der Waals surface area contributed by atoms with Gasteiger partial charge in [-0.1, -0.05) is 13.0 Å². The molecule has 0 fully saturated rings. The summed E-state index contributed by atoms with van der Waals surface area (Å²) in [6, 6.07) is 4.30. The van der Waals surface area contributed by atoms with Crippen LogP contribution in [0.15, 0.2) is 12.1 Å². The molecule has 0 aliphatic rings. The summed E-state index contributed by atoms with van der Waals surface area (Å²) >= 11 is 0. The third-order valence-corrected chi connectivity index (χ3v) is 4.10. The van der Waals surface area contributed by atoms with E-state index >= 15 is 0 Å². The first kappa shape index (κ1) is 18.0. The average Bonchev–Trinajstić information content (AvgIpc) is 2.43. The van der Waals surface area contributed by atoms with Gasteiger partial charge in [-0.3, -0.25) is 0 Å². The van der Waals surface area contributed by atoms with Crippen LogP contribution in [0.25, 0.3) is 0 Å². The summed E-state index contributed by atoms with van der Waals surface area (Å²) in [6.07, 6.45) is 3.02. The van der Waals surface area contributed by atoms with Crippen molar-refractivity contribution in [3.05, 3.63) is 28.8 Å². The lowest BCUT2D eigenvalue weighted by molar-refractivity contribution is 0.162. The van der Waals surface area contributed by atoms with Crippen molar-refractivity contribution < 1.29 is 9.84 Å². The number of ether oxygens (including phenoxy) is 1. The van der Waals surface area contributed by atoms with Gasteiger partial charge in [0.25, 0.3) is 0 Å². The van der Waals surface area contributed by atoms with Crippen LogP contribution in [0.2, 0.25) is 0 Å². The molecular formula is C18H31NO2. The van der Waals surface area contributed by atoms with Crippen molar-refractivity contribution in [2.45, 2.75) is 59.4 Å². The fourth-order valence-electron chi connectivity index (χ4n) is 2.60. The van der Waals surface area contributed by atoms with Crippen LogP contribution in [0, 0.1) is 20.8 Å². The SMILES string of the molecule is CCNC(C)(CO)CCCCOc1cc(C)cc(C)c1C. The van der Waals surface area contributed by atoms with Crippen molar-refractivity contribution in [1.82, 2.24) is 5.32 Å². The Morgan fingerprint density at radius 3 is 2.52 bits per heavy atom. The van der Waals surface area contributed by atoms with Gasteiger partial charge in [-0.2, -0.15) is 0 Å². The number of hydrogen-bond acceptors (Lipinski definition) is 3. The van der Waals surface area contributed by atoms with E-state index in [0.29, 0.717) is 0 Å². The second-order valence-electron chi connectivity index (χ2n) is 6.26. The Morgan fingerprint density at radius 1 is 1.19 bits per heavy atom. The number of aryl methyl sites for hydroxylation is 2. The lowest BCUT2D eigenvalue weighted by atomic mass is 9.96. The third kappa shape index (κ3) is 5.68. The molecule has 0 radical (unpaired) electrons. The van der Waals surface area contributed by atoms with Crippen LogP contribution in [0.4, 0.5) is 0 Å². The summed E-state index contributed by atoms with van der Waals surface area (Å²) in [5.41, 5.74) is 3.59. The van der Waals surface area contributed by atoms with Gasteiger partial charge in [0.1, 0.15) is 5.75 Å². The van der Waals surface area contributed by atoms with E-state index in [9.17, 15) is 5.11 Å². The maximum Gasteiger partial charge on any atom is 0.122 e. The molecular weight excluding hydrogens is 262 g/mol. The first-order valence-corrected chi connectivity index (χ1v) is 7.98. The maximum absolute atomic E-state index is 9.45. The van der Waals surface area contributed by atoms with Crippen LogP contribution in [0.3, 0.4) is 0 Å². The average molecular weight is 293 g/mol. The highest BCUT2D eigenvalue weighted by atomic mass is 16.5. The van der Waals surface area contributed by atoms with Crippen LogP contribution < -0.4 is 10.1 Å². The number of unbranched alkanes of at least 4 members (excludes halogenated alkanes) is 1. The van der Waals surface area contributed by atoms with Crippen molar-refractivity contribution in [2.24, 2.45) is 0 Å². The quantitative estimate of drug-likeness (QED) is 0.685. The number of rotatable bonds is 9. The number of aliphatic hydroxyl groups excluding tert-OH is 1. The van der Waals surface area contributed by atoms with Gasteiger partial charge in [-0.15, -0.1) is 0 Å². The van der Waals surface area contributed by atoms with Gasteiger partial charge in [0.2, 0.25) is 0 Å². The second-order valence-corrected chi connectivity index (χ2v) is 6.26. The molecule has 2 N–H and O–H groups in total. The highest BCUT2D eigenvalue weighted by Crippen LogP contribution is 2.23. The van der Waals surface area contributed by atoms with Crippen molar-refractivity contribution in [2.75, 3.05) is 19.8 Å². The zero-order valence-corrected chi connectivity index (χ0v) is 14.3. The largest absolute Gasteiger partial charge is 0.493 e. The van der Waals surface area contributed by atoms with E-state index in [-0.39, 0.29) is 12.1 Å². The molecule has 21 heavy (non-hydrogen) atoms. The smallest absolute Gasteiger partial charge is 0.122 e. The van der Waals surface area contributed by atoms with E-state index in [1.165, 1.54) is 16.7 Å². The van der Waals surface area contributed by atoms with Gasteiger partial charge in [0, 0.05) is 5.54 Å². The zero-order chi connectivity index (χ0) is 15.9. The van der Waals surface area contributed by atoms with E-state index in [2.05, 4.69) is 52.1 Å². The Hall–Kier alpha value is -1.06. The highest BCUT2D eigenvalue weighted by Gasteiger charge is 2.20. The zero-order valence-electron chi connectivity index (χ0n) is 14.3. The van der Waals surface area contributed by atoms with Gasteiger partial charge in [0.05, 0.1) is 13.2 Å². The van der Waals surface area contributed by atoms with Gasteiger partial charge in [-0.05, 0) is 76.3 Å². The molecule has 1 aromatic carbocycles. The minimum atomic E-state index is -0.162. The first-order valence-electron chi connectivity index (χ1n) is 7.98. The van der Waals surface area contributed by atoms with Gasteiger partial charge >= 0.3 is 0 Å². The number of hydrogen-bond donors (Lipinski definition) is 2. The molecule has 0 aromatic heterocycles. The summed E-state index contributed by atoms with van der Waals surface area (Å²) in [6.45, 7) is 12.3. The Labute approximate surface area is 129 Å². The molecule has 1 atom stereocenters. The lowest BCUT2D eigenvalue weighted by Crippen LogP contribution is -2.45. The molecule has 0 heterocycles. The Morgan fingerprint density at radius 2 is 1.90 bits per heavy atom. The lowest BCUT2D eigenvalue weighted by Gasteiger charge is -2.28. The number of benzene rings is 1. The van der Waals surface area contributed by atoms with E-state index in [1.807, 2.05) is 0 Å². The molecule has 0 spiro atoms. The summed E-state index contributed by atoms with van der Waals surface area (Å²) in [5, 5.41) is 12.8. The van der Waals surface area contributed by atoms with Gasteiger partial charge < -0.3 is 15.2 Å². The molecule has 0 bridgehead atoms. The Kier molecular flexibility index (Phi) is 7.20. The molecule has 3 nitrogen and oxygen atoms in total. The van der Waals surface area contributed by atoms with Crippen molar-refractivity contribution in [3.63, 3.8) is 0 Å². The number of nitrogens with one attached hydrogen (secondary N) is 1. The number of aliphatic hydroxyl groups is 1. The number of likely N-dealkylation sites (N-methyl/N-ethyl adjacent to an activating group) is 1. The van der Waals surface area contributed by atoms with Crippen LogP contribution in [-0.2, 0) is 0 Å². The molecule has 1 rings (SSSR count). The van der Waals surface area contributed by atoms with Crippen LogP contribution >= 0.6 is 0 Å². The summed E-state index contributed by atoms with van der Waals surface area (Å²) in [5.74, 6) is 1.00. The van der Waals surface area contributed by atoms with Crippen LogP contribution in [-0.4, -0.2) is 30.4 Å². The fourth-order valence-corrected chi connectivity index (χ4v) is 2.60. The van der Waals surface area contributed by atoms with Gasteiger partial charge in [-0.25, -0.2) is 0 Å². The Bertz CT molecular complexity index is 445. The van der Waals surface area contributed by atoms with E-state index in [1.54, 1.807) is 0 Å². The maximum atomic E-state index is 9.45. The van der Waals surface area contributed by atoms with Crippen molar-refractivity contribution >= 4 is 0 Å². The molecule has 0 aliphatic carbocycles. The minimum absolute atomic E-state index is 0.162. The van der Waals surface area contributed by atoms with Crippen molar-refractivity contribution in [1.29, 1.82) is 0 Å². The standard InChI is InChI=1S/C18H31NO2/c1-6-19-18(5,13-20)9-7-8-10-21-17-12-14(2)11-15(3)16(17)4/h11-12,19-20H,6-10,13H2,1-5H3. The predicted octanol–water partition coefficient (Wildman–Crippen LogP) is 3.52. The second kappa shape index (κ2) is 8.40. The highest BCUT2D eigenvalue weighted by molar-refractivity contribution is 5.41. The van der Waals surface area contributed by atoms with Crippen molar-refractivity contribution in [3.8, 4) is 5.75 Å². The molecule has 0 saturated heterocycles. The third-order valence-electron chi connectivity index (χ3n) is 4.10. The molecule has 3 heteroatoms. The van der Waals surface area contributed by atoms with Crippen LogP contribution in [0.1, 0.15) is 49.8 Å². The molecule has 0 saturated carbocycles. The van der Waals surface area contributed by atoms with E-state index in [4.69, 9.17) is 4.74 Å². The Balaban J connectivity index is 2.38. The summed E-state index contributed by atoms with van der Waals surface area (Å²) < 4.78 is 5.92. The van der Waals surface area contributed by atoms with Crippen LogP contribution in [0.5, 0.6) is 5.75 Å². The molecule has 1 aromatic rings. The normalized spacial score (nSPS) is 14.0. The molecule has 1 unspecified atom stereocenters. The topological polar surface area (TPSA) is 41.5 Å². The summed E-state index contributed by atoms with van der Waals surface area (Å²) in [4.78, 5) is 0. The predicted molar refractivity (Wildman–Crippen MR) is 89.2 cm³/mol. The van der Waals surface area contributed by atoms with E-state index in [0.717, 1.165) is 38.2 Å². The molecule has 120 valence electrons. The minimum Gasteiger partial charge on any atom is -0.493 e. The molecule has 0 amide bonds.